The quantitative estimate of drug-likeness (QED) is 0.747. The third-order valence-electron chi connectivity index (χ3n) is 2.80. The van der Waals surface area contributed by atoms with E-state index in [2.05, 4.69) is 49.7 Å². The van der Waals surface area contributed by atoms with E-state index in [9.17, 15) is 0 Å². The van der Waals surface area contributed by atoms with Gasteiger partial charge in [-0.1, -0.05) is 24.3 Å². The van der Waals surface area contributed by atoms with Crippen molar-refractivity contribution in [3.63, 3.8) is 0 Å². The van der Waals surface area contributed by atoms with Crippen LogP contribution in [0.5, 0.6) is 0 Å². The SMILES string of the molecule is c1cnc(NCc2ccc(-c3ccn[nH]3)cc2)cn1. The highest BCUT2D eigenvalue weighted by molar-refractivity contribution is 5.58. The Bertz CT molecular complexity index is 617. The largest absolute Gasteiger partial charge is 0.365 e. The molecule has 0 fully saturated rings. The van der Waals surface area contributed by atoms with Crippen LogP contribution in [0, 0.1) is 0 Å². The van der Waals surface area contributed by atoms with Gasteiger partial charge in [0.25, 0.3) is 0 Å². The van der Waals surface area contributed by atoms with Crippen molar-refractivity contribution in [3.8, 4) is 11.3 Å². The maximum Gasteiger partial charge on any atom is 0.144 e. The summed E-state index contributed by atoms with van der Waals surface area (Å²) in [5.41, 5.74) is 3.34. The van der Waals surface area contributed by atoms with Crippen molar-refractivity contribution in [2.24, 2.45) is 0 Å². The molecule has 0 bridgehead atoms. The molecular formula is C14H13N5. The van der Waals surface area contributed by atoms with Gasteiger partial charge in [-0.15, -0.1) is 0 Å². The summed E-state index contributed by atoms with van der Waals surface area (Å²) in [6, 6.07) is 10.3. The van der Waals surface area contributed by atoms with Crippen LogP contribution in [0.3, 0.4) is 0 Å². The second-order valence-electron chi connectivity index (χ2n) is 4.11. The van der Waals surface area contributed by atoms with Crippen LogP contribution in [0.1, 0.15) is 5.56 Å². The van der Waals surface area contributed by atoms with Crippen LogP contribution in [0.4, 0.5) is 5.82 Å². The minimum Gasteiger partial charge on any atom is -0.365 e. The van der Waals surface area contributed by atoms with Crippen LogP contribution in [-0.2, 0) is 6.54 Å². The zero-order chi connectivity index (χ0) is 12.9. The average Bonchev–Trinajstić information content (AvgIpc) is 3.01. The highest BCUT2D eigenvalue weighted by atomic mass is 15.1. The number of aromatic amines is 1. The van der Waals surface area contributed by atoms with Crippen LogP contribution in [0.15, 0.2) is 55.1 Å². The summed E-state index contributed by atoms with van der Waals surface area (Å²) in [6.45, 7) is 0.724. The van der Waals surface area contributed by atoms with Crippen molar-refractivity contribution in [3.05, 3.63) is 60.7 Å². The number of H-pyrrole nitrogens is 1. The number of hydrogen-bond donors (Lipinski definition) is 2. The molecule has 94 valence electrons. The lowest BCUT2D eigenvalue weighted by Crippen LogP contribution is -2.01. The molecule has 0 aliphatic rings. The fourth-order valence-electron chi connectivity index (χ4n) is 1.80. The second-order valence-corrected chi connectivity index (χ2v) is 4.11. The summed E-state index contributed by atoms with van der Waals surface area (Å²) in [4.78, 5) is 8.17. The predicted octanol–water partition coefficient (Wildman–Crippen LogP) is 2.48. The molecule has 1 aromatic carbocycles. The van der Waals surface area contributed by atoms with Crippen LogP contribution >= 0.6 is 0 Å². The maximum absolute atomic E-state index is 4.17. The first kappa shape index (κ1) is 11.4. The molecule has 2 aromatic heterocycles. The van der Waals surface area contributed by atoms with Crippen molar-refractivity contribution in [1.29, 1.82) is 0 Å². The number of nitrogens with one attached hydrogen (secondary N) is 2. The summed E-state index contributed by atoms with van der Waals surface area (Å²) >= 11 is 0. The van der Waals surface area contributed by atoms with Gasteiger partial charge in [0, 0.05) is 25.1 Å². The lowest BCUT2D eigenvalue weighted by atomic mass is 10.1. The van der Waals surface area contributed by atoms with Crippen LogP contribution in [0.2, 0.25) is 0 Å². The molecule has 2 N–H and O–H groups in total. The van der Waals surface area contributed by atoms with Gasteiger partial charge >= 0.3 is 0 Å². The topological polar surface area (TPSA) is 66.5 Å². The van der Waals surface area contributed by atoms with Crippen LogP contribution in [0.25, 0.3) is 11.3 Å². The van der Waals surface area contributed by atoms with E-state index in [-0.39, 0.29) is 0 Å². The molecule has 0 spiro atoms. The Morgan fingerprint density at radius 3 is 2.58 bits per heavy atom. The second kappa shape index (κ2) is 5.30. The highest BCUT2D eigenvalue weighted by Crippen LogP contribution is 2.16. The van der Waals surface area contributed by atoms with Crippen molar-refractivity contribution < 1.29 is 0 Å². The zero-order valence-corrected chi connectivity index (χ0v) is 10.2. The third-order valence-corrected chi connectivity index (χ3v) is 2.80. The average molecular weight is 251 g/mol. The van der Waals surface area contributed by atoms with Gasteiger partial charge in [-0.05, 0) is 17.2 Å². The standard InChI is InChI=1S/C14H13N5/c1-3-12(13-5-6-18-19-13)4-2-11(1)9-17-14-10-15-7-8-16-14/h1-8,10H,9H2,(H,16,17)(H,18,19). The van der Waals surface area contributed by atoms with Gasteiger partial charge in [-0.3, -0.25) is 10.1 Å². The fourth-order valence-corrected chi connectivity index (χ4v) is 1.80. The monoisotopic (exact) mass is 251 g/mol. The normalized spacial score (nSPS) is 10.3. The highest BCUT2D eigenvalue weighted by Gasteiger charge is 1.99. The molecule has 0 radical (unpaired) electrons. The molecule has 0 saturated carbocycles. The van der Waals surface area contributed by atoms with Crippen molar-refractivity contribution in [2.75, 3.05) is 5.32 Å². The number of benzene rings is 1. The molecule has 5 nitrogen and oxygen atoms in total. The fraction of sp³-hybridized carbons (Fsp3) is 0.0714. The first-order chi connectivity index (χ1) is 9.42. The lowest BCUT2D eigenvalue weighted by Gasteiger charge is -2.05. The number of anilines is 1. The van der Waals surface area contributed by atoms with Gasteiger partial charge in [0.15, 0.2) is 0 Å². The van der Waals surface area contributed by atoms with Gasteiger partial charge in [-0.25, -0.2) is 4.98 Å². The van der Waals surface area contributed by atoms with E-state index in [0.29, 0.717) is 0 Å². The molecule has 0 saturated heterocycles. The van der Waals surface area contributed by atoms with Gasteiger partial charge in [0.2, 0.25) is 0 Å². The van der Waals surface area contributed by atoms with E-state index in [1.165, 1.54) is 5.56 Å². The van der Waals surface area contributed by atoms with Crippen LogP contribution < -0.4 is 5.32 Å². The van der Waals surface area contributed by atoms with Gasteiger partial charge in [0.1, 0.15) is 5.82 Å². The molecule has 0 unspecified atom stereocenters. The maximum atomic E-state index is 4.17. The molecule has 3 rings (SSSR count). The first-order valence-electron chi connectivity index (χ1n) is 6.00. The van der Waals surface area contributed by atoms with E-state index in [1.54, 1.807) is 24.8 Å². The van der Waals surface area contributed by atoms with E-state index >= 15 is 0 Å². The van der Waals surface area contributed by atoms with E-state index in [0.717, 1.165) is 23.6 Å². The number of nitrogens with zero attached hydrogens (tertiary/aromatic N) is 3. The van der Waals surface area contributed by atoms with E-state index in [4.69, 9.17) is 0 Å². The Labute approximate surface area is 110 Å². The van der Waals surface area contributed by atoms with Crippen molar-refractivity contribution >= 4 is 5.82 Å². The van der Waals surface area contributed by atoms with Gasteiger partial charge < -0.3 is 5.32 Å². The number of aromatic nitrogens is 4. The molecule has 0 aliphatic heterocycles. The smallest absolute Gasteiger partial charge is 0.144 e. The molecule has 0 aliphatic carbocycles. The molecule has 5 heteroatoms. The van der Waals surface area contributed by atoms with Crippen LogP contribution in [-0.4, -0.2) is 20.2 Å². The summed E-state index contributed by atoms with van der Waals surface area (Å²) < 4.78 is 0. The molecular weight excluding hydrogens is 238 g/mol. The van der Waals surface area contributed by atoms with E-state index < -0.39 is 0 Å². The molecule has 19 heavy (non-hydrogen) atoms. The molecule has 3 aromatic rings. The van der Waals surface area contributed by atoms with Gasteiger partial charge in [0.05, 0.1) is 11.9 Å². The Kier molecular flexibility index (Phi) is 3.18. The Balaban J connectivity index is 1.67. The summed E-state index contributed by atoms with van der Waals surface area (Å²) in [5.74, 6) is 0.778. The molecule has 0 atom stereocenters. The minimum absolute atomic E-state index is 0.724. The number of rotatable bonds is 4. The molecule has 0 amide bonds. The predicted molar refractivity (Wildman–Crippen MR) is 73.4 cm³/mol. The number of hydrogen-bond acceptors (Lipinski definition) is 4. The Hall–Kier alpha value is -2.69. The lowest BCUT2D eigenvalue weighted by molar-refractivity contribution is 1.08. The zero-order valence-electron chi connectivity index (χ0n) is 10.2. The first-order valence-corrected chi connectivity index (χ1v) is 6.00. The Morgan fingerprint density at radius 2 is 1.89 bits per heavy atom. The summed E-state index contributed by atoms with van der Waals surface area (Å²) in [7, 11) is 0. The van der Waals surface area contributed by atoms with Crippen molar-refractivity contribution in [1.82, 2.24) is 20.2 Å². The summed E-state index contributed by atoms with van der Waals surface area (Å²) in [6.07, 6.45) is 6.78. The minimum atomic E-state index is 0.724. The summed E-state index contributed by atoms with van der Waals surface area (Å²) in [5, 5.41) is 10.1. The van der Waals surface area contributed by atoms with E-state index in [1.807, 2.05) is 6.07 Å². The molecule has 2 heterocycles. The Morgan fingerprint density at radius 1 is 1.00 bits per heavy atom. The van der Waals surface area contributed by atoms with Crippen molar-refractivity contribution in [2.45, 2.75) is 6.54 Å². The van der Waals surface area contributed by atoms with Gasteiger partial charge in [-0.2, -0.15) is 5.10 Å². The third kappa shape index (κ3) is 2.77.